The van der Waals surface area contributed by atoms with Crippen LogP contribution in [0.15, 0.2) is 0 Å². The summed E-state index contributed by atoms with van der Waals surface area (Å²) in [7, 11) is 0. The molecule has 15 heavy (non-hydrogen) atoms. The second-order valence-electron chi connectivity index (χ2n) is 4.45. The van der Waals surface area contributed by atoms with E-state index in [9.17, 15) is 4.79 Å². The van der Waals surface area contributed by atoms with Gasteiger partial charge in [0.25, 0.3) is 0 Å². The van der Waals surface area contributed by atoms with Crippen molar-refractivity contribution in [2.45, 2.75) is 46.3 Å². The van der Waals surface area contributed by atoms with Gasteiger partial charge >= 0.3 is 6.09 Å². The fourth-order valence-electron chi connectivity index (χ4n) is 1.16. The third-order valence-electron chi connectivity index (χ3n) is 1.87. The molecule has 0 spiro atoms. The van der Waals surface area contributed by atoms with E-state index in [0.29, 0.717) is 13.1 Å². The molecule has 0 aliphatic rings. The van der Waals surface area contributed by atoms with Gasteiger partial charge in [-0.2, -0.15) is 0 Å². The number of hydrogen-bond donors (Lipinski definition) is 1. The third kappa shape index (κ3) is 5.85. The van der Waals surface area contributed by atoms with E-state index >= 15 is 0 Å². The van der Waals surface area contributed by atoms with Crippen molar-refractivity contribution < 1.29 is 9.53 Å². The predicted octanol–water partition coefficient (Wildman–Crippen LogP) is 2.38. The number of amides is 1. The Morgan fingerprint density at radius 1 is 1.53 bits per heavy atom. The molecule has 0 heterocycles. The first-order valence-electron chi connectivity index (χ1n) is 5.15. The fraction of sp³-hybridized carbons (Fsp3) is 0.900. The van der Waals surface area contributed by atoms with Crippen molar-refractivity contribution in [1.29, 1.82) is 0 Å². The van der Waals surface area contributed by atoms with Crippen LogP contribution in [0.1, 0.15) is 34.6 Å². The molecular formula is C10H21ClN2O2. The van der Waals surface area contributed by atoms with Crippen LogP contribution in [0, 0.1) is 0 Å². The topological polar surface area (TPSA) is 41.6 Å². The summed E-state index contributed by atoms with van der Waals surface area (Å²) in [5, 5.41) is 0. The molecule has 1 atom stereocenters. The molecule has 0 saturated heterocycles. The maximum absolute atomic E-state index is 11.7. The minimum Gasteiger partial charge on any atom is -0.444 e. The number of halogens is 1. The van der Waals surface area contributed by atoms with Gasteiger partial charge in [0.1, 0.15) is 5.60 Å². The van der Waals surface area contributed by atoms with Gasteiger partial charge in [-0.3, -0.25) is 0 Å². The number of likely N-dealkylation sites (N-methyl/N-ethyl adjacent to an activating group) is 1. The maximum Gasteiger partial charge on any atom is 0.410 e. The molecule has 4 nitrogen and oxygen atoms in total. The highest BCUT2D eigenvalue weighted by molar-refractivity contribution is 6.13. The average Bonchev–Trinajstić information content (AvgIpc) is 2.02. The van der Waals surface area contributed by atoms with Gasteiger partial charge < -0.3 is 9.64 Å². The predicted molar refractivity (Wildman–Crippen MR) is 61.9 cm³/mol. The molecule has 0 rings (SSSR count). The van der Waals surface area contributed by atoms with Crippen molar-refractivity contribution >= 4 is 17.9 Å². The molecule has 0 bridgehead atoms. The minimum absolute atomic E-state index is 0.0161. The van der Waals surface area contributed by atoms with Crippen molar-refractivity contribution in [1.82, 2.24) is 9.74 Å². The van der Waals surface area contributed by atoms with Gasteiger partial charge in [-0.15, -0.1) is 0 Å². The Balaban J connectivity index is 4.34. The second kappa shape index (κ2) is 6.18. The van der Waals surface area contributed by atoms with Gasteiger partial charge in [0.2, 0.25) is 0 Å². The van der Waals surface area contributed by atoms with Crippen LogP contribution < -0.4 is 4.84 Å². The zero-order chi connectivity index (χ0) is 12.1. The molecule has 0 aromatic heterocycles. The van der Waals surface area contributed by atoms with Crippen molar-refractivity contribution in [3.63, 3.8) is 0 Å². The normalized spacial score (nSPS) is 13.5. The summed E-state index contributed by atoms with van der Waals surface area (Å²) >= 11 is 5.41. The van der Waals surface area contributed by atoms with E-state index in [4.69, 9.17) is 16.5 Å². The molecule has 0 saturated carbocycles. The van der Waals surface area contributed by atoms with E-state index in [1.165, 1.54) is 0 Å². The number of nitrogens with zero attached hydrogens (tertiary/aromatic N) is 1. The molecular weight excluding hydrogens is 216 g/mol. The highest BCUT2D eigenvalue weighted by Gasteiger charge is 2.24. The Bertz CT molecular complexity index is 204. The van der Waals surface area contributed by atoms with Crippen molar-refractivity contribution in [3.8, 4) is 0 Å². The zero-order valence-electron chi connectivity index (χ0n) is 10.1. The lowest BCUT2D eigenvalue weighted by molar-refractivity contribution is 0.0193. The van der Waals surface area contributed by atoms with Crippen LogP contribution in [-0.4, -0.2) is 35.7 Å². The summed E-state index contributed by atoms with van der Waals surface area (Å²) in [4.78, 5) is 15.9. The molecule has 90 valence electrons. The molecule has 0 aliphatic heterocycles. The van der Waals surface area contributed by atoms with Crippen LogP contribution in [0.25, 0.3) is 0 Å². The van der Waals surface area contributed by atoms with Gasteiger partial charge in [-0.25, -0.2) is 9.63 Å². The van der Waals surface area contributed by atoms with Gasteiger partial charge in [-0.1, -0.05) is 0 Å². The van der Waals surface area contributed by atoms with Gasteiger partial charge in [0.15, 0.2) is 0 Å². The standard InChI is InChI=1S/C10H21ClN2O2/c1-6-13(8(2)7-12-11)9(14)15-10(3,4)5/h8,12H,6-7H2,1-5H3. The van der Waals surface area contributed by atoms with Crippen molar-refractivity contribution in [2.75, 3.05) is 13.1 Å². The minimum atomic E-state index is -0.460. The molecule has 0 aromatic rings. The van der Waals surface area contributed by atoms with E-state index < -0.39 is 5.60 Å². The summed E-state index contributed by atoms with van der Waals surface area (Å²) in [5.41, 5.74) is -0.460. The lowest BCUT2D eigenvalue weighted by atomic mass is 10.2. The largest absolute Gasteiger partial charge is 0.444 e. The molecule has 5 heteroatoms. The summed E-state index contributed by atoms with van der Waals surface area (Å²) in [6, 6.07) is 0.0161. The molecule has 0 fully saturated rings. The number of carbonyl (C=O) groups is 1. The Morgan fingerprint density at radius 2 is 2.07 bits per heavy atom. The number of rotatable bonds is 4. The lowest BCUT2D eigenvalue weighted by Crippen LogP contribution is -2.45. The SMILES string of the molecule is CCN(C(=O)OC(C)(C)C)C(C)CNCl. The Morgan fingerprint density at radius 3 is 2.40 bits per heavy atom. The summed E-state index contributed by atoms with van der Waals surface area (Å²) in [6.45, 7) is 10.5. The second-order valence-corrected chi connectivity index (χ2v) is 4.72. The fourth-order valence-corrected chi connectivity index (χ4v) is 1.39. The third-order valence-corrected chi connectivity index (χ3v) is 2.03. The van der Waals surface area contributed by atoms with Gasteiger partial charge in [-0.05, 0) is 46.4 Å². The summed E-state index contributed by atoms with van der Waals surface area (Å²) in [6.07, 6.45) is -0.301. The lowest BCUT2D eigenvalue weighted by Gasteiger charge is -2.30. The van der Waals surface area contributed by atoms with Crippen LogP contribution in [0.2, 0.25) is 0 Å². The number of carbonyl (C=O) groups excluding carboxylic acids is 1. The average molecular weight is 237 g/mol. The van der Waals surface area contributed by atoms with Crippen LogP contribution in [0.5, 0.6) is 0 Å². The highest BCUT2D eigenvalue weighted by atomic mass is 35.5. The van der Waals surface area contributed by atoms with Gasteiger partial charge in [0.05, 0.1) is 0 Å². The highest BCUT2D eigenvalue weighted by Crippen LogP contribution is 2.11. The Hall–Kier alpha value is -0.480. The van der Waals surface area contributed by atoms with E-state index in [1.807, 2.05) is 34.6 Å². The summed E-state index contributed by atoms with van der Waals surface area (Å²) < 4.78 is 5.27. The Labute approximate surface area is 97.0 Å². The first-order chi connectivity index (χ1) is 6.81. The summed E-state index contributed by atoms with van der Waals surface area (Å²) in [5.74, 6) is 0. The monoisotopic (exact) mass is 236 g/mol. The van der Waals surface area contributed by atoms with E-state index in [-0.39, 0.29) is 12.1 Å². The van der Waals surface area contributed by atoms with Gasteiger partial charge in [0, 0.05) is 19.1 Å². The van der Waals surface area contributed by atoms with Crippen LogP contribution in [0.3, 0.4) is 0 Å². The van der Waals surface area contributed by atoms with Crippen LogP contribution >= 0.6 is 11.8 Å². The molecule has 1 unspecified atom stereocenters. The smallest absolute Gasteiger partial charge is 0.410 e. The van der Waals surface area contributed by atoms with Crippen LogP contribution in [0.4, 0.5) is 4.79 Å². The number of hydrogen-bond acceptors (Lipinski definition) is 3. The maximum atomic E-state index is 11.7. The molecule has 0 aliphatic carbocycles. The quantitative estimate of drug-likeness (QED) is 0.762. The van der Waals surface area contributed by atoms with Crippen molar-refractivity contribution in [2.24, 2.45) is 0 Å². The first-order valence-corrected chi connectivity index (χ1v) is 5.52. The Kier molecular flexibility index (Phi) is 5.98. The number of nitrogens with one attached hydrogen (secondary N) is 1. The molecule has 0 aromatic carbocycles. The van der Waals surface area contributed by atoms with Crippen molar-refractivity contribution in [3.05, 3.63) is 0 Å². The molecule has 1 amide bonds. The molecule has 0 radical (unpaired) electrons. The molecule has 1 N–H and O–H groups in total. The van der Waals surface area contributed by atoms with E-state index in [2.05, 4.69) is 4.84 Å². The van der Waals surface area contributed by atoms with E-state index in [0.717, 1.165) is 0 Å². The first kappa shape index (κ1) is 14.5. The zero-order valence-corrected chi connectivity index (χ0v) is 10.9. The van der Waals surface area contributed by atoms with E-state index in [1.54, 1.807) is 4.90 Å². The van der Waals surface area contributed by atoms with Crippen LogP contribution in [-0.2, 0) is 4.74 Å². The number of ether oxygens (including phenoxy) is 1.